The SMILES string of the molecule is O=C(O)[C@H]1CCN(C(=O)c2c(F)cccc2Cl)C1. The van der Waals surface area contributed by atoms with Crippen molar-refractivity contribution in [3.05, 3.63) is 34.6 Å². The summed E-state index contributed by atoms with van der Waals surface area (Å²) < 4.78 is 13.6. The van der Waals surface area contributed by atoms with Crippen molar-refractivity contribution in [1.82, 2.24) is 4.90 Å². The minimum absolute atomic E-state index is 0.0405. The van der Waals surface area contributed by atoms with Gasteiger partial charge in [-0.05, 0) is 18.6 Å². The van der Waals surface area contributed by atoms with Gasteiger partial charge in [-0.15, -0.1) is 0 Å². The average Bonchev–Trinajstić information content (AvgIpc) is 2.77. The van der Waals surface area contributed by atoms with Crippen molar-refractivity contribution in [2.45, 2.75) is 6.42 Å². The molecule has 4 nitrogen and oxygen atoms in total. The highest BCUT2D eigenvalue weighted by molar-refractivity contribution is 6.33. The monoisotopic (exact) mass is 271 g/mol. The van der Waals surface area contributed by atoms with Gasteiger partial charge in [0.15, 0.2) is 0 Å². The van der Waals surface area contributed by atoms with E-state index in [4.69, 9.17) is 16.7 Å². The second kappa shape index (κ2) is 4.94. The fourth-order valence-electron chi connectivity index (χ4n) is 2.01. The number of hydrogen-bond donors (Lipinski definition) is 1. The molecule has 0 spiro atoms. The molecule has 1 N–H and O–H groups in total. The molecule has 18 heavy (non-hydrogen) atoms. The molecular formula is C12H11ClFNO3. The summed E-state index contributed by atoms with van der Waals surface area (Å²) in [4.78, 5) is 24.2. The highest BCUT2D eigenvalue weighted by Gasteiger charge is 2.32. The zero-order chi connectivity index (χ0) is 13.3. The van der Waals surface area contributed by atoms with Gasteiger partial charge in [0, 0.05) is 13.1 Å². The van der Waals surface area contributed by atoms with Crippen LogP contribution < -0.4 is 0 Å². The summed E-state index contributed by atoms with van der Waals surface area (Å²) in [6.07, 6.45) is 0.382. The van der Waals surface area contributed by atoms with Crippen LogP contribution in [0.4, 0.5) is 4.39 Å². The summed E-state index contributed by atoms with van der Waals surface area (Å²) in [6.45, 7) is 0.402. The lowest BCUT2D eigenvalue weighted by atomic mass is 10.1. The van der Waals surface area contributed by atoms with Crippen LogP contribution in [0.2, 0.25) is 5.02 Å². The second-order valence-electron chi connectivity index (χ2n) is 4.17. The Balaban J connectivity index is 2.21. The van der Waals surface area contributed by atoms with E-state index >= 15 is 0 Å². The molecule has 0 unspecified atom stereocenters. The Labute approximate surface area is 108 Å². The molecule has 0 saturated carbocycles. The molecule has 6 heteroatoms. The number of benzene rings is 1. The maximum absolute atomic E-state index is 13.6. The zero-order valence-corrected chi connectivity index (χ0v) is 10.2. The minimum Gasteiger partial charge on any atom is -0.481 e. The lowest BCUT2D eigenvalue weighted by Gasteiger charge is -2.16. The normalized spacial score (nSPS) is 19.0. The van der Waals surface area contributed by atoms with Gasteiger partial charge in [0.2, 0.25) is 0 Å². The molecule has 1 atom stereocenters. The number of carbonyl (C=O) groups excluding carboxylic acids is 1. The van der Waals surface area contributed by atoms with Crippen molar-refractivity contribution >= 4 is 23.5 Å². The number of amides is 1. The smallest absolute Gasteiger partial charge is 0.308 e. The molecule has 1 aromatic rings. The Bertz CT molecular complexity index is 486. The van der Waals surface area contributed by atoms with Crippen molar-refractivity contribution in [2.24, 2.45) is 5.92 Å². The fraction of sp³-hybridized carbons (Fsp3) is 0.333. The fourth-order valence-corrected chi connectivity index (χ4v) is 2.25. The van der Waals surface area contributed by atoms with Gasteiger partial charge in [-0.1, -0.05) is 17.7 Å². The Morgan fingerprint density at radius 3 is 2.72 bits per heavy atom. The molecule has 1 aromatic carbocycles. The number of aliphatic carboxylic acids is 1. The number of carbonyl (C=O) groups is 2. The number of likely N-dealkylation sites (tertiary alicyclic amines) is 1. The molecule has 96 valence electrons. The van der Waals surface area contributed by atoms with Crippen LogP contribution in [0, 0.1) is 11.7 Å². The van der Waals surface area contributed by atoms with Gasteiger partial charge in [-0.2, -0.15) is 0 Å². The summed E-state index contributed by atoms with van der Waals surface area (Å²) in [5, 5.41) is 8.89. The van der Waals surface area contributed by atoms with Crippen LogP contribution in [-0.2, 0) is 4.79 Å². The maximum Gasteiger partial charge on any atom is 0.308 e. The van der Waals surface area contributed by atoms with E-state index in [0.29, 0.717) is 13.0 Å². The summed E-state index contributed by atoms with van der Waals surface area (Å²) in [7, 11) is 0. The van der Waals surface area contributed by atoms with E-state index in [1.807, 2.05) is 0 Å². The van der Waals surface area contributed by atoms with Gasteiger partial charge in [0.1, 0.15) is 5.82 Å². The van der Waals surface area contributed by atoms with Crippen molar-refractivity contribution in [2.75, 3.05) is 13.1 Å². The van der Waals surface area contributed by atoms with E-state index in [2.05, 4.69) is 0 Å². The summed E-state index contributed by atoms with van der Waals surface area (Å²) in [5.74, 6) is -2.77. The standard InChI is InChI=1S/C12H11ClFNO3/c13-8-2-1-3-9(14)10(8)11(16)15-5-4-7(6-15)12(17)18/h1-3,7H,4-6H2,(H,17,18)/t7-/m0/s1. The van der Waals surface area contributed by atoms with E-state index in [0.717, 1.165) is 6.07 Å². The van der Waals surface area contributed by atoms with Gasteiger partial charge in [-0.25, -0.2) is 4.39 Å². The molecule has 0 bridgehead atoms. The Morgan fingerprint density at radius 1 is 1.44 bits per heavy atom. The predicted octanol–water partition coefficient (Wildman–Crippen LogP) is 2.03. The topological polar surface area (TPSA) is 57.6 Å². The predicted molar refractivity (Wildman–Crippen MR) is 63.1 cm³/mol. The third-order valence-corrected chi connectivity index (χ3v) is 3.32. The van der Waals surface area contributed by atoms with Crippen LogP contribution in [0.3, 0.4) is 0 Å². The Hall–Kier alpha value is -1.62. The molecule has 1 fully saturated rings. The van der Waals surface area contributed by atoms with Crippen molar-refractivity contribution in [1.29, 1.82) is 0 Å². The second-order valence-corrected chi connectivity index (χ2v) is 4.58. The van der Waals surface area contributed by atoms with Crippen LogP contribution in [0.5, 0.6) is 0 Å². The molecule has 2 rings (SSSR count). The van der Waals surface area contributed by atoms with Crippen LogP contribution >= 0.6 is 11.6 Å². The molecule has 1 aliphatic heterocycles. The Morgan fingerprint density at radius 2 is 2.17 bits per heavy atom. The Kier molecular flexibility index (Phi) is 3.52. The first-order chi connectivity index (χ1) is 8.50. The first kappa shape index (κ1) is 12.8. The van der Waals surface area contributed by atoms with E-state index in [9.17, 15) is 14.0 Å². The molecular weight excluding hydrogens is 261 g/mol. The third-order valence-electron chi connectivity index (χ3n) is 3.00. The number of hydrogen-bond acceptors (Lipinski definition) is 2. The van der Waals surface area contributed by atoms with Crippen molar-refractivity contribution in [3.63, 3.8) is 0 Å². The summed E-state index contributed by atoms with van der Waals surface area (Å²) in [6, 6.07) is 4.00. The van der Waals surface area contributed by atoms with E-state index < -0.39 is 23.6 Å². The summed E-state index contributed by atoms with van der Waals surface area (Å²) >= 11 is 5.80. The molecule has 1 amide bonds. The molecule has 1 aliphatic rings. The molecule has 1 saturated heterocycles. The summed E-state index contributed by atoms with van der Waals surface area (Å²) in [5.41, 5.74) is -0.190. The third kappa shape index (κ3) is 2.31. The highest BCUT2D eigenvalue weighted by Crippen LogP contribution is 2.24. The maximum atomic E-state index is 13.6. The van der Waals surface area contributed by atoms with Gasteiger partial charge in [0.25, 0.3) is 5.91 Å². The van der Waals surface area contributed by atoms with Gasteiger partial charge < -0.3 is 10.0 Å². The number of rotatable bonds is 2. The molecule has 0 radical (unpaired) electrons. The molecule has 1 heterocycles. The van der Waals surface area contributed by atoms with Crippen molar-refractivity contribution in [3.8, 4) is 0 Å². The molecule has 0 aromatic heterocycles. The number of carboxylic acid groups (broad SMARTS) is 1. The minimum atomic E-state index is -0.940. The first-order valence-corrected chi connectivity index (χ1v) is 5.84. The zero-order valence-electron chi connectivity index (χ0n) is 9.40. The quantitative estimate of drug-likeness (QED) is 0.895. The number of nitrogens with zero attached hydrogens (tertiary/aromatic N) is 1. The van der Waals surface area contributed by atoms with Crippen LogP contribution in [0.25, 0.3) is 0 Å². The van der Waals surface area contributed by atoms with Crippen LogP contribution in [-0.4, -0.2) is 35.0 Å². The first-order valence-electron chi connectivity index (χ1n) is 5.47. The lowest BCUT2D eigenvalue weighted by molar-refractivity contribution is -0.141. The van der Waals surface area contributed by atoms with Crippen LogP contribution in [0.1, 0.15) is 16.8 Å². The molecule has 0 aliphatic carbocycles. The van der Waals surface area contributed by atoms with E-state index in [-0.39, 0.29) is 17.1 Å². The van der Waals surface area contributed by atoms with Gasteiger partial charge in [-0.3, -0.25) is 9.59 Å². The largest absolute Gasteiger partial charge is 0.481 e. The van der Waals surface area contributed by atoms with Gasteiger partial charge >= 0.3 is 5.97 Å². The van der Waals surface area contributed by atoms with Crippen molar-refractivity contribution < 1.29 is 19.1 Å². The average molecular weight is 272 g/mol. The van der Waals surface area contributed by atoms with E-state index in [1.54, 1.807) is 0 Å². The van der Waals surface area contributed by atoms with E-state index in [1.165, 1.54) is 17.0 Å². The number of halogens is 2. The van der Waals surface area contributed by atoms with Gasteiger partial charge in [0.05, 0.1) is 16.5 Å². The highest BCUT2D eigenvalue weighted by atomic mass is 35.5. The lowest BCUT2D eigenvalue weighted by Crippen LogP contribution is -2.30. The number of carboxylic acids is 1. The van der Waals surface area contributed by atoms with Crippen LogP contribution in [0.15, 0.2) is 18.2 Å².